The third-order valence-corrected chi connectivity index (χ3v) is 6.27. The van der Waals surface area contributed by atoms with Gasteiger partial charge in [-0.3, -0.25) is 15.7 Å². The van der Waals surface area contributed by atoms with Crippen LogP contribution in [-0.4, -0.2) is 43.2 Å². The smallest absolute Gasteiger partial charge is 0.171 e. The van der Waals surface area contributed by atoms with Gasteiger partial charge in [-0.2, -0.15) is 0 Å². The number of benzene rings is 1. The molecule has 0 bridgehead atoms. The Morgan fingerprint density at radius 2 is 1.96 bits per heavy atom. The van der Waals surface area contributed by atoms with Gasteiger partial charge < -0.3 is 4.90 Å². The second kappa shape index (κ2) is 7.08. The van der Waals surface area contributed by atoms with Crippen LogP contribution < -0.4 is 5.32 Å². The molecule has 2 N–H and O–H groups in total. The lowest BCUT2D eigenvalue weighted by molar-refractivity contribution is 0.354. The number of rotatable bonds is 4. The number of hydrogen-bond acceptors (Lipinski definition) is 5. The maximum atomic E-state index is 14.3. The average Bonchev–Trinajstić information content (AvgIpc) is 2.58. The van der Waals surface area contributed by atoms with Crippen molar-refractivity contribution >= 4 is 15.7 Å². The lowest BCUT2D eigenvalue weighted by atomic mass is 9.94. The number of halogens is 2. The molecule has 2 aromatic rings. The fourth-order valence-corrected chi connectivity index (χ4v) is 4.87. The lowest BCUT2D eigenvalue weighted by Gasteiger charge is -2.39. The zero-order valence-corrected chi connectivity index (χ0v) is 14.8. The maximum absolute atomic E-state index is 14.3. The van der Waals surface area contributed by atoms with Crippen LogP contribution in [0.25, 0.3) is 0 Å². The second-order valence-corrected chi connectivity index (χ2v) is 8.27. The summed E-state index contributed by atoms with van der Waals surface area (Å²) < 4.78 is 54.6. The van der Waals surface area contributed by atoms with E-state index in [2.05, 4.69) is 10.3 Å². The van der Waals surface area contributed by atoms with Gasteiger partial charge in [-0.15, -0.1) is 0 Å². The fraction of sp³-hybridized carbons (Fsp3) is 0.294. The Morgan fingerprint density at radius 3 is 2.58 bits per heavy atom. The highest BCUT2D eigenvalue weighted by atomic mass is 32.2. The summed E-state index contributed by atoms with van der Waals surface area (Å²) in [4.78, 5) is 5.31. The van der Waals surface area contributed by atoms with Crippen LogP contribution in [0.5, 0.6) is 0 Å². The summed E-state index contributed by atoms with van der Waals surface area (Å²) in [5, 5.41) is 9.73. The molecule has 1 fully saturated rings. The topological polar surface area (TPSA) is 86.2 Å². The molecule has 1 saturated heterocycles. The van der Waals surface area contributed by atoms with E-state index < -0.39 is 38.3 Å². The Bertz CT molecular complexity index is 901. The molecule has 0 saturated carbocycles. The van der Waals surface area contributed by atoms with E-state index >= 15 is 0 Å². The van der Waals surface area contributed by atoms with Crippen LogP contribution in [0.15, 0.2) is 42.7 Å². The molecular formula is C17H18F2N4O2S. The molecule has 6 nitrogen and oxygen atoms in total. The highest BCUT2D eigenvalue weighted by Crippen LogP contribution is 2.33. The number of pyridine rings is 1. The monoisotopic (exact) mass is 380 g/mol. The molecule has 1 aromatic carbocycles. The number of nitrogens with zero attached hydrogens (tertiary/aromatic N) is 2. The minimum Gasteiger partial charge on any atom is -0.350 e. The Balaban J connectivity index is 2.05. The molecule has 2 atom stereocenters. The fourth-order valence-electron chi connectivity index (χ4n) is 3.05. The quantitative estimate of drug-likeness (QED) is 0.846. The highest BCUT2D eigenvalue weighted by Gasteiger charge is 2.43. The average molecular weight is 380 g/mol. The number of sulfone groups is 1. The van der Waals surface area contributed by atoms with Crippen LogP contribution in [0.4, 0.5) is 8.78 Å². The normalized spacial score (nSPS) is 21.0. The van der Waals surface area contributed by atoms with Crippen molar-refractivity contribution in [3.63, 3.8) is 0 Å². The van der Waals surface area contributed by atoms with Gasteiger partial charge in [-0.05, 0) is 23.8 Å². The van der Waals surface area contributed by atoms with Crippen molar-refractivity contribution < 1.29 is 17.2 Å². The molecule has 138 valence electrons. The second-order valence-electron chi connectivity index (χ2n) is 6.15. The first-order valence-electron chi connectivity index (χ1n) is 7.88. The Kier molecular flexibility index (Phi) is 5.01. The standard InChI is InChI=1S/C17H18F2N4O2S/c1-23-10-22-17(26(24,25)9-11-4-3-7-21-8-11)15(16(23)20)14-12(18)5-2-6-13(14)19/h2-8,15,17,20,22H,9-10H2,1H3. The molecule has 26 heavy (non-hydrogen) atoms. The van der Waals surface area contributed by atoms with Crippen molar-refractivity contribution in [2.75, 3.05) is 13.7 Å². The van der Waals surface area contributed by atoms with E-state index in [1.165, 1.54) is 23.4 Å². The van der Waals surface area contributed by atoms with E-state index in [-0.39, 0.29) is 18.3 Å². The summed E-state index contributed by atoms with van der Waals surface area (Å²) in [6.45, 7) is 0.0857. The third-order valence-electron chi connectivity index (χ3n) is 4.33. The van der Waals surface area contributed by atoms with E-state index in [0.29, 0.717) is 5.56 Å². The summed E-state index contributed by atoms with van der Waals surface area (Å²) in [7, 11) is -2.31. The summed E-state index contributed by atoms with van der Waals surface area (Å²) in [5.41, 5.74) is 0.0452. The van der Waals surface area contributed by atoms with Gasteiger partial charge in [0.2, 0.25) is 0 Å². The minimum absolute atomic E-state index is 0.0857. The van der Waals surface area contributed by atoms with Crippen LogP contribution in [0.2, 0.25) is 0 Å². The number of aromatic nitrogens is 1. The Labute approximate surface area is 150 Å². The van der Waals surface area contributed by atoms with Crippen molar-refractivity contribution in [3.8, 4) is 0 Å². The summed E-state index contributed by atoms with van der Waals surface area (Å²) in [6.07, 6.45) is 2.95. The van der Waals surface area contributed by atoms with Gasteiger partial charge in [-0.25, -0.2) is 17.2 Å². The van der Waals surface area contributed by atoms with Gasteiger partial charge in [-0.1, -0.05) is 12.1 Å². The van der Waals surface area contributed by atoms with Crippen molar-refractivity contribution in [2.24, 2.45) is 0 Å². The van der Waals surface area contributed by atoms with Gasteiger partial charge in [0.05, 0.1) is 18.3 Å². The van der Waals surface area contributed by atoms with Gasteiger partial charge in [0.1, 0.15) is 22.8 Å². The summed E-state index contributed by atoms with van der Waals surface area (Å²) in [6, 6.07) is 6.56. The number of nitrogens with one attached hydrogen (secondary N) is 2. The maximum Gasteiger partial charge on any atom is 0.171 e. The molecule has 0 radical (unpaired) electrons. The first-order chi connectivity index (χ1) is 12.3. The van der Waals surface area contributed by atoms with Crippen LogP contribution in [0.3, 0.4) is 0 Å². The van der Waals surface area contributed by atoms with Crippen molar-refractivity contribution in [2.45, 2.75) is 17.0 Å². The predicted molar refractivity (Wildman–Crippen MR) is 93.2 cm³/mol. The SMILES string of the molecule is CN1CNC(S(=O)(=O)Cc2cccnc2)C(c2c(F)cccc2F)C1=N. The predicted octanol–water partition coefficient (Wildman–Crippen LogP) is 1.85. The van der Waals surface area contributed by atoms with Gasteiger partial charge >= 0.3 is 0 Å². The van der Waals surface area contributed by atoms with E-state index in [0.717, 1.165) is 12.1 Å². The highest BCUT2D eigenvalue weighted by molar-refractivity contribution is 7.91. The van der Waals surface area contributed by atoms with Crippen LogP contribution in [0.1, 0.15) is 17.0 Å². The summed E-state index contributed by atoms with van der Waals surface area (Å²) in [5.74, 6) is -3.55. The van der Waals surface area contributed by atoms with Crippen LogP contribution in [0, 0.1) is 17.0 Å². The molecule has 0 amide bonds. The molecule has 9 heteroatoms. The molecule has 2 unspecified atom stereocenters. The first-order valence-corrected chi connectivity index (χ1v) is 9.60. The summed E-state index contributed by atoms with van der Waals surface area (Å²) >= 11 is 0. The number of hydrogen-bond donors (Lipinski definition) is 2. The molecule has 2 heterocycles. The molecule has 0 aliphatic carbocycles. The van der Waals surface area contributed by atoms with Gasteiger partial charge in [0.15, 0.2) is 9.84 Å². The van der Waals surface area contributed by atoms with Gasteiger partial charge in [0, 0.05) is 25.0 Å². The zero-order valence-electron chi connectivity index (χ0n) is 14.0. The molecule has 0 spiro atoms. The number of likely N-dealkylation sites (N-methyl/N-ethyl adjacent to an activating group) is 1. The zero-order chi connectivity index (χ0) is 18.9. The Hall–Kier alpha value is -2.39. The number of amidine groups is 1. The first kappa shape index (κ1) is 18.4. The third kappa shape index (κ3) is 3.45. The van der Waals surface area contributed by atoms with E-state index in [1.807, 2.05) is 0 Å². The molecular weight excluding hydrogens is 362 g/mol. The van der Waals surface area contributed by atoms with Crippen molar-refractivity contribution in [1.29, 1.82) is 5.41 Å². The molecule has 3 rings (SSSR count). The molecule has 1 aromatic heterocycles. The van der Waals surface area contributed by atoms with E-state index in [1.54, 1.807) is 19.2 Å². The Morgan fingerprint density at radius 1 is 1.27 bits per heavy atom. The van der Waals surface area contributed by atoms with Crippen molar-refractivity contribution in [1.82, 2.24) is 15.2 Å². The van der Waals surface area contributed by atoms with Gasteiger partial charge in [0.25, 0.3) is 0 Å². The molecule has 1 aliphatic heterocycles. The molecule has 1 aliphatic rings. The van der Waals surface area contributed by atoms with Crippen molar-refractivity contribution in [3.05, 3.63) is 65.5 Å². The van der Waals surface area contributed by atoms with Crippen LogP contribution >= 0.6 is 0 Å². The largest absolute Gasteiger partial charge is 0.350 e. The van der Waals surface area contributed by atoms with Crippen LogP contribution in [-0.2, 0) is 15.6 Å². The minimum atomic E-state index is -3.88. The van der Waals surface area contributed by atoms with E-state index in [4.69, 9.17) is 5.41 Å². The lowest BCUT2D eigenvalue weighted by Crippen LogP contribution is -2.57. The van der Waals surface area contributed by atoms with E-state index in [9.17, 15) is 17.2 Å².